The van der Waals surface area contributed by atoms with Crippen molar-refractivity contribution in [2.45, 2.75) is 12.1 Å². The van der Waals surface area contributed by atoms with Gasteiger partial charge in [-0.15, -0.1) is 0 Å². The number of nitrogens with zero attached hydrogens (tertiary/aromatic N) is 2. The van der Waals surface area contributed by atoms with Crippen molar-refractivity contribution in [3.63, 3.8) is 0 Å². The van der Waals surface area contributed by atoms with Gasteiger partial charge in [0, 0.05) is 38.3 Å². The number of urea groups is 1. The van der Waals surface area contributed by atoms with Crippen LogP contribution in [0.15, 0.2) is 24.3 Å². The normalized spacial score (nSPS) is 24.4. The molecule has 2 unspecified atom stereocenters. The van der Waals surface area contributed by atoms with Crippen molar-refractivity contribution in [2.24, 2.45) is 5.73 Å². The number of nitrogens with two attached hydrogens (primary N) is 1. The third-order valence-corrected chi connectivity index (χ3v) is 4.19. The lowest BCUT2D eigenvalue weighted by Gasteiger charge is -2.40. The lowest BCUT2D eigenvalue weighted by atomic mass is 10.0. The highest BCUT2D eigenvalue weighted by Crippen LogP contribution is 2.26. The van der Waals surface area contributed by atoms with Crippen molar-refractivity contribution in [1.29, 1.82) is 0 Å². The van der Waals surface area contributed by atoms with Crippen LogP contribution in [-0.2, 0) is 0 Å². The first-order valence-electron chi connectivity index (χ1n) is 6.93. The molecule has 3 N–H and O–H groups in total. The molecule has 2 aliphatic rings. The highest BCUT2D eigenvalue weighted by atomic mass is 19.1. The molecule has 2 amide bonds. The second-order valence-corrected chi connectivity index (χ2v) is 5.30. The number of halogens is 1. The maximum Gasteiger partial charge on any atom is 0.317 e. The summed E-state index contributed by atoms with van der Waals surface area (Å²) in [6.45, 7) is 3.15. The number of amides is 2. The van der Waals surface area contributed by atoms with E-state index in [0.29, 0.717) is 25.2 Å². The van der Waals surface area contributed by atoms with Crippen LogP contribution in [0, 0.1) is 5.82 Å². The van der Waals surface area contributed by atoms with Gasteiger partial charge in [-0.1, -0.05) is 18.2 Å². The molecule has 1 aromatic rings. The first kappa shape index (κ1) is 13.3. The van der Waals surface area contributed by atoms with E-state index >= 15 is 0 Å². The van der Waals surface area contributed by atoms with Gasteiger partial charge in [0.25, 0.3) is 0 Å². The average molecular weight is 278 g/mol. The van der Waals surface area contributed by atoms with Gasteiger partial charge < -0.3 is 16.0 Å². The van der Waals surface area contributed by atoms with Crippen LogP contribution in [0.3, 0.4) is 0 Å². The number of hydrogen-bond donors (Lipinski definition) is 2. The minimum absolute atomic E-state index is 0.00448. The molecule has 20 heavy (non-hydrogen) atoms. The summed E-state index contributed by atoms with van der Waals surface area (Å²) in [6.07, 6.45) is 0. The van der Waals surface area contributed by atoms with Crippen molar-refractivity contribution in [3.05, 3.63) is 35.6 Å². The van der Waals surface area contributed by atoms with E-state index in [-0.39, 0.29) is 23.9 Å². The van der Waals surface area contributed by atoms with Crippen LogP contribution in [0.5, 0.6) is 0 Å². The van der Waals surface area contributed by atoms with Crippen molar-refractivity contribution in [2.75, 3.05) is 32.7 Å². The molecule has 6 heteroatoms. The largest absolute Gasteiger partial charge is 0.336 e. The van der Waals surface area contributed by atoms with Gasteiger partial charge in [-0.25, -0.2) is 9.18 Å². The van der Waals surface area contributed by atoms with E-state index in [4.69, 9.17) is 5.73 Å². The fourth-order valence-electron chi connectivity index (χ4n) is 3.13. The Bertz CT molecular complexity index is 510. The van der Waals surface area contributed by atoms with Crippen LogP contribution in [-0.4, -0.2) is 54.6 Å². The summed E-state index contributed by atoms with van der Waals surface area (Å²) >= 11 is 0. The minimum Gasteiger partial charge on any atom is -0.336 e. The summed E-state index contributed by atoms with van der Waals surface area (Å²) in [6, 6.07) is 6.81. The maximum atomic E-state index is 14.0. The highest BCUT2D eigenvalue weighted by molar-refractivity contribution is 5.77. The first-order chi connectivity index (χ1) is 9.70. The van der Waals surface area contributed by atoms with E-state index in [1.165, 1.54) is 6.07 Å². The quantitative estimate of drug-likeness (QED) is 0.848. The third-order valence-electron chi connectivity index (χ3n) is 4.19. The number of hydrogen-bond acceptors (Lipinski definition) is 3. The first-order valence-corrected chi connectivity index (χ1v) is 6.93. The van der Waals surface area contributed by atoms with E-state index in [9.17, 15) is 9.18 Å². The summed E-state index contributed by atoms with van der Waals surface area (Å²) in [5.41, 5.74) is 6.50. The Kier molecular flexibility index (Phi) is 3.58. The maximum absolute atomic E-state index is 14.0. The van der Waals surface area contributed by atoms with Gasteiger partial charge in [0.15, 0.2) is 0 Å². The standard InChI is InChI=1S/C14H19FN4O/c15-12-4-2-1-3-11(12)13(7-16)18-5-6-19-10(9-18)8-17-14(19)20/h1-4,10,13H,5-9,16H2,(H,17,20). The van der Waals surface area contributed by atoms with Gasteiger partial charge in [-0.2, -0.15) is 0 Å². The molecule has 2 atom stereocenters. The van der Waals surface area contributed by atoms with E-state index in [1.54, 1.807) is 12.1 Å². The number of nitrogens with one attached hydrogen (secondary N) is 1. The minimum atomic E-state index is -0.217. The van der Waals surface area contributed by atoms with Gasteiger partial charge >= 0.3 is 6.03 Å². The smallest absolute Gasteiger partial charge is 0.317 e. The van der Waals surface area contributed by atoms with Crippen molar-refractivity contribution in [3.8, 4) is 0 Å². The summed E-state index contributed by atoms with van der Waals surface area (Å²) in [5.74, 6) is -0.217. The monoisotopic (exact) mass is 278 g/mol. The molecular formula is C14H19FN4O. The fraction of sp³-hybridized carbons (Fsp3) is 0.500. The molecule has 2 fully saturated rings. The van der Waals surface area contributed by atoms with Crippen molar-refractivity contribution >= 4 is 6.03 Å². The Morgan fingerprint density at radius 2 is 2.20 bits per heavy atom. The molecule has 0 bridgehead atoms. The SMILES string of the molecule is NCC(c1ccccc1F)N1CCN2C(=O)NCC2C1. The van der Waals surface area contributed by atoms with E-state index in [0.717, 1.165) is 13.1 Å². The second kappa shape index (κ2) is 5.38. The molecule has 5 nitrogen and oxygen atoms in total. The summed E-state index contributed by atoms with van der Waals surface area (Å²) in [5, 5.41) is 2.85. The zero-order valence-electron chi connectivity index (χ0n) is 11.3. The van der Waals surface area contributed by atoms with Crippen LogP contribution in [0.4, 0.5) is 9.18 Å². The Labute approximate surface area is 117 Å². The molecule has 2 aliphatic heterocycles. The second-order valence-electron chi connectivity index (χ2n) is 5.30. The van der Waals surface area contributed by atoms with E-state index < -0.39 is 0 Å². The highest BCUT2D eigenvalue weighted by Gasteiger charge is 2.37. The van der Waals surface area contributed by atoms with Crippen LogP contribution in [0.1, 0.15) is 11.6 Å². The Morgan fingerprint density at radius 1 is 1.40 bits per heavy atom. The molecule has 3 rings (SSSR count). The molecule has 0 aromatic heterocycles. The average Bonchev–Trinajstić information content (AvgIpc) is 2.83. The zero-order valence-corrected chi connectivity index (χ0v) is 11.3. The summed E-state index contributed by atoms with van der Waals surface area (Å²) in [4.78, 5) is 15.6. The van der Waals surface area contributed by atoms with E-state index in [2.05, 4.69) is 10.2 Å². The molecule has 0 radical (unpaired) electrons. The number of fused-ring (bicyclic) bond motifs is 1. The van der Waals surface area contributed by atoms with Crippen LogP contribution in [0.25, 0.3) is 0 Å². The van der Waals surface area contributed by atoms with Gasteiger partial charge in [0.2, 0.25) is 0 Å². The van der Waals surface area contributed by atoms with Gasteiger partial charge in [-0.3, -0.25) is 4.90 Å². The number of benzene rings is 1. The van der Waals surface area contributed by atoms with Crippen LogP contribution < -0.4 is 11.1 Å². The fourth-order valence-corrected chi connectivity index (χ4v) is 3.13. The number of rotatable bonds is 3. The molecular weight excluding hydrogens is 259 g/mol. The molecule has 0 saturated carbocycles. The third kappa shape index (κ3) is 2.25. The number of piperazine rings is 1. The molecule has 2 heterocycles. The van der Waals surface area contributed by atoms with Gasteiger partial charge in [0.05, 0.1) is 12.1 Å². The molecule has 0 aliphatic carbocycles. The predicted octanol–water partition coefficient (Wildman–Crippen LogP) is 0.535. The zero-order chi connectivity index (χ0) is 14.1. The molecule has 108 valence electrons. The molecule has 1 aromatic carbocycles. The topological polar surface area (TPSA) is 61.6 Å². The summed E-state index contributed by atoms with van der Waals surface area (Å²) < 4.78 is 14.0. The van der Waals surface area contributed by atoms with Gasteiger partial charge in [-0.05, 0) is 6.07 Å². The number of carbonyl (C=O) groups is 1. The van der Waals surface area contributed by atoms with Crippen LogP contribution in [0.2, 0.25) is 0 Å². The van der Waals surface area contributed by atoms with Gasteiger partial charge in [0.1, 0.15) is 5.82 Å². The molecule has 2 saturated heterocycles. The van der Waals surface area contributed by atoms with Crippen molar-refractivity contribution < 1.29 is 9.18 Å². The molecule has 0 spiro atoms. The predicted molar refractivity (Wildman–Crippen MR) is 73.7 cm³/mol. The van der Waals surface area contributed by atoms with Crippen molar-refractivity contribution in [1.82, 2.24) is 15.1 Å². The Morgan fingerprint density at radius 3 is 2.95 bits per heavy atom. The lowest BCUT2D eigenvalue weighted by molar-refractivity contribution is 0.0891. The van der Waals surface area contributed by atoms with Crippen LogP contribution >= 0.6 is 0 Å². The Balaban J connectivity index is 1.78. The summed E-state index contributed by atoms with van der Waals surface area (Å²) in [7, 11) is 0. The number of carbonyl (C=O) groups excluding carboxylic acids is 1. The van der Waals surface area contributed by atoms with E-state index in [1.807, 2.05) is 11.0 Å². The Hall–Kier alpha value is -1.66. The lowest BCUT2D eigenvalue weighted by Crippen LogP contribution is -2.53.